The summed E-state index contributed by atoms with van der Waals surface area (Å²) in [5, 5.41) is 3.32. The maximum Gasteiger partial charge on any atom is 0.430 e. The van der Waals surface area contributed by atoms with Crippen LogP contribution in [-0.4, -0.2) is 67.0 Å². The SMILES string of the molecule is O=C(C1CN=C(NC23CC4CC(CC(C4)C2)C3)N=C1C(F)(F)F)N1CCOCC1. The number of ether oxygens (including phenoxy) is 1. The van der Waals surface area contributed by atoms with Crippen LogP contribution in [0.15, 0.2) is 9.98 Å². The molecule has 4 aliphatic carbocycles. The Morgan fingerprint density at radius 1 is 1.07 bits per heavy atom. The number of nitrogens with zero attached hydrogens (tertiary/aromatic N) is 3. The Balaban J connectivity index is 1.35. The predicted molar refractivity (Wildman–Crippen MR) is 101 cm³/mol. The van der Waals surface area contributed by atoms with Crippen LogP contribution in [-0.2, 0) is 9.53 Å². The number of nitrogens with one attached hydrogen (secondary N) is 1. The van der Waals surface area contributed by atoms with Gasteiger partial charge in [-0.2, -0.15) is 13.2 Å². The third-order valence-electron chi connectivity index (χ3n) is 7.31. The van der Waals surface area contributed by atoms with Gasteiger partial charge in [0.2, 0.25) is 11.9 Å². The highest BCUT2D eigenvalue weighted by molar-refractivity contribution is 6.12. The zero-order valence-corrected chi connectivity index (χ0v) is 16.4. The Bertz CT molecular complexity index is 707. The molecule has 6 aliphatic rings. The van der Waals surface area contributed by atoms with E-state index in [1.165, 1.54) is 24.2 Å². The average Bonchev–Trinajstić information content (AvgIpc) is 2.66. The van der Waals surface area contributed by atoms with E-state index in [9.17, 15) is 18.0 Å². The van der Waals surface area contributed by atoms with Crippen LogP contribution >= 0.6 is 0 Å². The molecular formula is C20H27F3N4O2. The first-order chi connectivity index (χ1) is 13.8. The number of rotatable bonds is 2. The molecule has 1 atom stereocenters. The normalized spacial score (nSPS) is 39.2. The lowest BCUT2D eigenvalue weighted by molar-refractivity contribution is -0.138. The van der Waals surface area contributed by atoms with Gasteiger partial charge in [-0.15, -0.1) is 0 Å². The molecule has 1 unspecified atom stereocenters. The Morgan fingerprint density at radius 3 is 2.21 bits per heavy atom. The summed E-state index contributed by atoms with van der Waals surface area (Å²) in [6.07, 6.45) is 2.07. The van der Waals surface area contributed by atoms with Crippen molar-refractivity contribution in [3.8, 4) is 0 Å². The predicted octanol–water partition coefficient (Wildman–Crippen LogP) is 2.39. The number of guanidine groups is 1. The van der Waals surface area contributed by atoms with Crippen LogP contribution in [0.3, 0.4) is 0 Å². The van der Waals surface area contributed by atoms with Crippen LogP contribution in [0.25, 0.3) is 0 Å². The van der Waals surface area contributed by atoms with Gasteiger partial charge < -0.3 is 15.0 Å². The maximum absolute atomic E-state index is 13.8. The molecule has 4 saturated carbocycles. The molecule has 2 heterocycles. The third kappa shape index (κ3) is 3.66. The van der Waals surface area contributed by atoms with Crippen molar-refractivity contribution >= 4 is 17.6 Å². The molecule has 0 spiro atoms. The van der Waals surface area contributed by atoms with Crippen molar-refractivity contribution in [1.82, 2.24) is 10.2 Å². The zero-order chi connectivity index (χ0) is 20.2. The van der Waals surface area contributed by atoms with E-state index in [2.05, 4.69) is 15.3 Å². The van der Waals surface area contributed by atoms with Gasteiger partial charge in [-0.3, -0.25) is 9.79 Å². The Morgan fingerprint density at radius 2 is 1.66 bits per heavy atom. The number of hydrogen-bond donors (Lipinski definition) is 1. The minimum atomic E-state index is -4.66. The van der Waals surface area contributed by atoms with Gasteiger partial charge in [0, 0.05) is 18.6 Å². The molecule has 0 aromatic carbocycles. The van der Waals surface area contributed by atoms with E-state index in [1.807, 2.05) is 0 Å². The van der Waals surface area contributed by atoms with Gasteiger partial charge >= 0.3 is 6.18 Å². The molecule has 160 valence electrons. The molecule has 0 aromatic heterocycles. The molecule has 2 aliphatic heterocycles. The van der Waals surface area contributed by atoms with Gasteiger partial charge in [-0.25, -0.2) is 4.99 Å². The van der Waals surface area contributed by atoms with Crippen molar-refractivity contribution in [3.05, 3.63) is 0 Å². The van der Waals surface area contributed by atoms with E-state index in [0.717, 1.165) is 19.3 Å². The largest absolute Gasteiger partial charge is 0.430 e. The summed E-state index contributed by atoms with van der Waals surface area (Å²) >= 11 is 0. The quantitative estimate of drug-likeness (QED) is 0.758. The standard InChI is InChI=1S/C20H27F3N4O2/c21-20(22,23)16-15(17(28)27-1-3-29-4-2-27)11-24-18(25-16)26-19-8-12-5-13(9-19)7-14(6-12)10-19/h12-15H,1-11H2,(H,24,26). The summed E-state index contributed by atoms with van der Waals surface area (Å²) < 4.78 is 46.5. The lowest BCUT2D eigenvalue weighted by atomic mass is 9.53. The van der Waals surface area contributed by atoms with Crippen molar-refractivity contribution in [2.24, 2.45) is 33.7 Å². The average molecular weight is 412 g/mol. The van der Waals surface area contributed by atoms with Gasteiger partial charge in [-0.1, -0.05) is 0 Å². The van der Waals surface area contributed by atoms with E-state index >= 15 is 0 Å². The van der Waals surface area contributed by atoms with Crippen molar-refractivity contribution in [3.63, 3.8) is 0 Å². The molecule has 0 radical (unpaired) electrons. The van der Waals surface area contributed by atoms with Crippen LogP contribution in [0.5, 0.6) is 0 Å². The van der Waals surface area contributed by atoms with Crippen LogP contribution in [0.1, 0.15) is 38.5 Å². The first kappa shape index (κ1) is 19.3. The fraction of sp³-hybridized carbons (Fsp3) is 0.850. The molecule has 5 fully saturated rings. The van der Waals surface area contributed by atoms with E-state index in [4.69, 9.17) is 4.74 Å². The Labute approximate surface area is 168 Å². The molecule has 6 nitrogen and oxygen atoms in total. The molecule has 29 heavy (non-hydrogen) atoms. The van der Waals surface area contributed by atoms with Gasteiger partial charge in [0.05, 0.1) is 19.8 Å². The van der Waals surface area contributed by atoms with Crippen LogP contribution < -0.4 is 5.32 Å². The first-order valence-corrected chi connectivity index (χ1v) is 10.7. The number of alkyl halides is 3. The van der Waals surface area contributed by atoms with Gasteiger partial charge in [-0.05, 0) is 56.3 Å². The smallest absolute Gasteiger partial charge is 0.378 e. The molecular weight excluding hydrogens is 385 g/mol. The molecule has 1 N–H and O–H groups in total. The minimum Gasteiger partial charge on any atom is -0.378 e. The highest BCUT2D eigenvalue weighted by Gasteiger charge is 2.52. The lowest BCUT2D eigenvalue weighted by Gasteiger charge is -2.57. The monoisotopic (exact) mass is 412 g/mol. The first-order valence-electron chi connectivity index (χ1n) is 10.7. The second-order valence-electron chi connectivity index (χ2n) is 9.47. The van der Waals surface area contributed by atoms with Crippen LogP contribution in [0, 0.1) is 23.7 Å². The number of carbonyl (C=O) groups excluding carboxylic acids is 1. The number of morpholine rings is 1. The number of halogens is 3. The molecule has 4 bridgehead atoms. The molecule has 9 heteroatoms. The third-order valence-corrected chi connectivity index (χ3v) is 7.31. The maximum atomic E-state index is 13.8. The van der Waals surface area contributed by atoms with E-state index in [0.29, 0.717) is 44.1 Å². The molecule has 1 saturated heterocycles. The number of aliphatic imine (C=N–C) groups is 2. The van der Waals surface area contributed by atoms with Crippen LogP contribution in [0.2, 0.25) is 0 Å². The summed E-state index contributed by atoms with van der Waals surface area (Å²) in [6, 6.07) is 0. The molecule has 1 amide bonds. The highest BCUT2D eigenvalue weighted by Crippen LogP contribution is 2.55. The fourth-order valence-corrected chi connectivity index (χ4v) is 6.52. The van der Waals surface area contributed by atoms with Crippen molar-refractivity contribution < 1.29 is 22.7 Å². The summed E-state index contributed by atoms with van der Waals surface area (Å²) in [5.41, 5.74) is -1.19. The second kappa shape index (κ2) is 6.96. The van der Waals surface area contributed by atoms with Crippen molar-refractivity contribution in [2.45, 2.75) is 50.2 Å². The number of amides is 1. The number of hydrogen-bond acceptors (Lipinski definition) is 5. The summed E-state index contributed by atoms with van der Waals surface area (Å²) in [6.45, 7) is 1.10. The van der Waals surface area contributed by atoms with Crippen molar-refractivity contribution in [2.75, 3.05) is 32.8 Å². The van der Waals surface area contributed by atoms with Crippen LogP contribution in [0.4, 0.5) is 13.2 Å². The van der Waals surface area contributed by atoms with E-state index in [-0.39, 0.29) is 18.0 Å². The highest BCUT2D eigenvalue weighted by atomic mass is 19.4. The summed E-state index contributed by atoms with van der Waals surface area (Å²) in [4.78, 5) is 22.3. The topological polar surface area (TPSA) is 66.3 Å². The Kier molecular flexibility index (Phi) is 4.64. The number of carbonyl (C=O) groups is 1. The van der Waals surface area contributed by atoms with E-state index < -0.39 is 23.7 Å². The Hall–Kier alpha value is -1.64. The van der Waals surface area contributed by atoms with Gasteiger partial charge in [0.25, 0.3) is 0 Å². The molecule has 0 aromatic rings. The minimum absolute atomic E-state index is 0.0605. The van der Waals surface area contributed by atoms with Gasteiger partial charge in [0.1, 0.15) is 11.6 Å². The fourth-order valence-electron chi connectivity index (χ4n) is 6.52. The van der Waals surface area contributed by atoms with Crippen molar-refractivity contribution in [1.29, 1.82) is 0 Å². The summed E-state index contributed by atoms with van der Waals surface area (Å²) in [5.74, 6) is 0.140. The van der Waals surface area contributed by atoms with E-state index in [1.54, 1.807) is 0 Å². The molecule has 6 rings (SSSR count). The second-order valence-corrected chi connectivity index (χ2v) is 9.47. The zero-order valence-electron chi connectivity index (χ0n) is 16.4. The lowest BCUT2D eigenvalue weighted by Crippen LogP contribution is -2.60. The van der Waals surface area contributed by atoms with Gasteiger partial charge in [0.15, 0.2) is 0 Å². The summed E-state index contributed by atoms with van der Waals surface area (Å²) in [7, 11) is 0.